The van der Waals surface area contributed by atoms with Gasteiger partial charge in [-0.25, -0.2) is 0 Å². The molecule has 0 saturated carbocycles. The van der Waals surface area contributed by atoms with E-state index in [1.54, 1.807) is 0 Å². The van der Waals surface area contributed by atoms with Crippen LogP contribution in [0.5, 0.6) is 0 Å². The lowest BCUT2D eigenvalue weighted by Crippen LogP contribution is -1.66. The van der Waals surface area contributed by atoms with Crippen LogP contribution in [0.25, 0.3) is 6.08 Å². The third-order valence-electron chi connectivity index (χ3n) is 1.50. The summed E-state index contributed by atoms with van der Waals surface area (Å²) in [6.07, 6.45) is 8.99. The third-order valence-corrected chi connectivity index (χ3v) is 1.50. The van der Waals surface area contributed by atoms with Gasteiger partial charge in [0.25, 0.3) is 0 Å². The number of hydrogen-bond donors (Lipinski definition) is 0. The van der Waals surface area contributed by atoms with Gasteiger partial charge in [-0.2, -0.15) is 0 Å². The summed E-state index contributed by atoms with van der Waals surface area (Å²) in [7, 11) is 0. The normalized spacial score (nSPS) is 11.4. The van der Waals surface area contributed by atoms with E-state index in [0.29, 0.717) is 0 Å². The molecule has 1 rings (SSSR count). The Kier molecular flexibility index (Phi) is 3.93. The van der Waals surface area contributed by atoms with Crippen LogP contribution in [0.4, 0.5) is 0 Å². The van der Waals surface area contributed by atoms with Gasteiger partial charge in [-0.05, 0) is 18.9 Å². The van der Waals surface area contributed by atoms with Gasteiger partial charge >= 0.3 is 0 Å². The quantitative estimate of drug-likeness (QED) is 0.589. The van der Waals surface area contributed by atoms with E-state index in [9.17, 15) is 0 Å². The third kappa shape index (κ3) is 3.20. The van der Waals surface area contributed by atoms with Gasteiger partial charge in [0.2, 0.25) is 0 Å². The van der Waals surface area contributed by atoms with E-state index in [1.165, 1.54) is 5.56 Å². The van der Waals surface area contributed by atoms with Crippen molar-refractivity contribution in [3.05, 3.63) is 61.0 Å². The molecule has 0 fully saturated rings. The minimum Gasteiger partial charge on any atom is -0.0845 e. The van der Waals surface area contributed by atoms with Crippen molar-refractivity contribution in [3.63, 3.8) is 0 Å². The Morgan fingerprint density at radius 1 is 1.08 bits per heavy atom. The van der Waals surface area contributed by atoms with Crippen molar-refractivity contribution in [3.8, 4) is 0 Å². The molecule has 0 aliphatic rings. The van der Waals surface area contributed by atoms with Gasteiger partial charge in [-0.3, -0.25) is 0 Å². The fraction of sp³-hybridized carbons (Fsp3) is 0.0833. The van der Waals surface area contributed by atoms with Crippen LogP contribution in [0.2, 0.25) is 0 Å². The molecule has 1 aromatic rings. The molecule has 0 N–H and O–H groups in total. The zero-order valence-corrected chi connectivity index (χ0v) is 7.11. The van der Waals surface area contributed by atoms with E-state index >= 15 is 0 Å². The van der Waals surface area contributed by atoms with E-state index in [2.05, 4.69) is 25.1 Å². The van der Waals surface area contributed by atoms with Gasteiger partial charge in [0.15, 0.2) is 0 Å². The van der Waals surface area contributed by atoms with E-state index in [1.807, 2.05) is 36.4 Å². The van der Waals surface area contributed by atoms with Crippen molar-refractivity contribution in [1.29, 1.82) is 0 Å². The highest BCUT2D eigenvalue weighted by molar-refractivity contribution is 5.50. The van der Waals surface area contributed by atoms with Gasteiger partial charge in [-0.15, -0.1) is 0 Å². The number of rotatable bonds is 3. The van der Waals surface area contributed by atoms with Gasteiger partial charge in [0, 0.05) is 0 Å². The van der Waals surface area contributed by atoms with Crippen LogP contribution in [0.3, 0.4) is 0 Å². The largest absolute Gasteiger partial charge is 0.0845 e. The van der Waals surface area contributed by atoms with E-state index in [4.69, 9.17) is 0 Å². The summed E-state index contributed by atoms with van der Waals surface area (Å²) in [6, 6.07) is 10.2. The Hall–Kier alpha value is -1.30. The molecular formula is C12H13. The van der Waals surface area contributed by atoms with Gasteiger partial charge in [-0.1, -0.05) is 54.6 Å². The van der Waals surface area contributed by atoms with Crippen LogP contribution in [-0.2, 0) is 0 Å². The lowest BCUT2D eigenvalue weighted by Gasteiger charge is -1.87. The van der Waals surface area contributed by atoms with E-state index in [-0.39, 0.29) is 0 Å². The Labute approximate surface area is 74.2 Å². The highest BCUT2D eigenvalue weighted by atomic mass is 13.8. The Morgan fingerprint density at radius 3 is 2.50 bits per heavy atom. The van der Waals surface area contributed by atoms with Crippen molar-refractivity contribution < 1.29 is 0 Å². The first kappa shape index (κ1) is 8.79. The maximum atomic E-state index is 3.71. The van der Waals surface area contributed by atoms with Crippen molar-refractivity contribution in [1.82, 2.24) is 0 Å². The molecule has 0 saturated heterocycles. The van der Waals surface area contributed by atoms with Crippen LogP contribution in [-0.4, -0.2) is 0 Å². The second kappa shape index (κ2) is 5.36. The summed E-state index contributed by atoms with van der Waals surface area (Å²) in [5.41, 5.74) is 1.23. The van der Waals surface area contributed by atoms with Crippen molar-refractivity contribution in [2.45, 2.75) is 6.42 Å². The van der Waals surface area contributed by atoms with Crippen LogP contribution >= 0.6 is 0 Å². The summed E-state index contributed by atoms with van der Waals surface area (Å²) in [4.78, 5) is 0. The molecule has 0 spiro atoms. The molecule has 0 aliphatic heterocycles. The molecule has 12 heavy (non-hydrogen) atoms. The van der Waals surface area contributed by atoms with Gasteiger partial charge < -0.3 is 0 Å². The number of allylic oxidation sites excluding steroid dienone is 3. The fourth-order valence-electron chi connectivity index (χ4n) is 0.906. The monoisotopic (exact) mass is 157 g/mol. The first-order valence-electron chi connectivity index (χ1n) is 4.11. The van der Waals surface area contributed by atoms with E-state index in [0.717, 1.165) is 6.42 Å². The van der Waals surface area contributed by atoms with Crippen LogP contribution in [0.15, 0.2) is 48.6 Å². The van der Waals surface area contributed by atoms with Crippen LogP contribution < -0.4 is 0 Å². The Bertz CT molecular complexity index is 255. The zero-order chi connectivity index (χ0) is 8.65. The average Bonchev–Trinajstić information content (AvgIpc) is 2.14. The first-order valence-corrected chi connectivity index (χ1v) is 4.11. The second-order valence-corrected chi connectivity index (χ2v) is 2.49. The maximum absolute atomic E-state index is 3.71. The molecule has 0 nitrogen and oxygen atoms in total. The first-order chi connectivity index (χ1) is 5.93. The minimum absolute atomic E-state index is 0.846. The molecule has 61 valence electrons. The number of hydrogen-bond acceptors (Lipinski definition) is 0. The molecule has 0 aliphatic carbocycles. The van der Waals surface area contributed by atoms with Crippen molar-refractivity contribution in [2.75, 3.05) is 0 Å². The Balaban J connectivity index is 2.52. The zero-order valence-electron chi connectivity index (χ0n) is 7.11. The predicted octanol–water partition coefficient (Wildman–Crippen LogP) is 3.48. The molecular weight excluding hydrogens is 144 g/mol. The summed E-state index contributed by atoms with van der Waals surface area (Å²) in [6.45, 7) is 3.71. The lowest BCUT2D eigenvalue weighted by molar-refractivity contribution is 1.40. The summed E-state index contributed by atoms with van der Waals surface area (Å²) in [5.74, 6) is 0. The molecule has 0 heteroatoms. The standard InChI is InChI=1S/C12H13/c1-2-3-4-6-9-12-10-7-5-8-11-12/h3-11H,1-2H2. The molecule has 0 heterocycles. The predicted molar refractivity (Wildman–Crippen MR) is 54.6 cm³/mol. The molecule has 0 unspecified atom stereocenters. The summed E-state index contributed by atoms with van der Waals surface area (Å²) < 4.78 is 0. The fourth-order valence-corrected chi connectivity index (χ4v) is 0.906. The van der Waals surface area contributed by atoms with Gasteiger partial charge in [0.05, 0.1) is 0 Å². The average molecular weight is 157 g/mol. The molecule has 0 bridgehead atoms. The maximum Gasteiger partial charge on any atom is -0.0257 e. The lowest BCUT2D eigenvalue weighted by atomic mass is 10.2. The smallest absolute Gasteiger partial charge is 0.0257 e. The SMILES string of the molecule is [CH2]CC=CC=Cc1ccccc1. The number of benzene rings is 1. The molecule has 0 amide bonds. The summed E-state index contributed by atoms with van der Waals surface area (Å²) >= 11 is 0. The molecule has 1 aromatic carbocycles. The topological polar surface area (TPSA) is 0 Å². The van der Waals surface area contributed by atoms with Crippen molar-refractivity contribution >= 4 is 6.08 Å². The highest BCUT2D eigenvalue weighted by Crippen LogP contribution is 2.00. The molecule has 0 aromatic heterocycles. The Morgan fingerprint density at radius 2 is 1.83 bits per heavy atom. The van der Waals surface area contributed by atoms with Crippen LogP contribution in [0.1, 0.15) is 12.0 Å². The van der Waals surface area contributed by atoms with Gasteiger partial charge in [0.1, 0.15) is 0 Å². The highest BCUT2D eigenvalue weighted by Gasteiger charge is 1.78. The minimum atomic E-state index is 0.846. The van der Waals surface area contributed by atoms with Crippen LogP contribution in [0, 0.1) is 6.92 Å². The molecule has 1 radical (unpaired) electrons. The van der Waals surface area contributed by atoms with E-state index < -0.39 is 0 Å². The molecule has 0 atom stereocenters. The second-order valence-electron chi connectivity index (χ2n) is 2.49. The van der Waals surface area contributed by atoms with Crippen molar-refractivity contribution in [2.24, 2.45) is 0 Å². The summed E-state index contributed by atoms with van der Waals surface area (Å²) in [5, 5.41) is 0.